The number of carbonyl (C=O) groups excluding carboxylic acids is 1. The molecule has 378 valence electrons. The summed E-state index contributed by atoms with van der Waals surface area (Å²) in [6.45, 7) is 8.88. The van der Waals surface area contributed by atoms with E-state index < -0.39 is 14.9 Å². The average molecular weight is 1030 g/mol. The largest absolute Gasteiger partial charge is 0.376 e. The molecule has 8 rings (SSSR count). The van der Waals surface area contributed by atoms with Crippen molar-refractivity contribution >= 4 is 67.7 Å². The van der Waals surface area contributed by atoms with Crippen LogP contribution in [0.1, 0.15) is 22.5 Å². The lowest BCUT2D eigenvalue weighted by atomic mass is 10.0. The van der Waals surface area contributed by atoms with E-state index in [4.69, 9.17) is 21.6 Å². The van der Waals surface area contributed by atoms with E-state index in [2.05, 4.69) is 71.2 Å². The topological polar surface area (TPSA) is 172 Å². The fourth-order valence-corrected chi connectivity index (χ4v) is 11.0. The molecule has 0 spiro atoms. The minimum Gasteiger partial charge on any atom is -0.376 e. The molecule has 0 bridgehead atoms. The van der Waals surface area contributed by atoms with Gasteiger partial charge in [0.1, 0.15) is 11.4 Å². The first-order valence-corrected chi connectivity index (χ1v) is 27.2. The predicted molar refractivity (Wildman–Crippen MR) is 292 cm³/mol. The van der Waals surface area contributed by atoms with Crippen molar-refractivity contribution in [2.24, 2.45) is 0 Å². The number of rotatable bonds is 21. The second-order valence-electron chi connectivity index (χ2n) is 18.4. The minimum atomic E-state index is -4.17. The van der Waals surface area contributed by atoms with Gasteiger partial charge in [-0.3, -0.25) is 29.5 Å². The van der Waals surface area contributed by atoms with Gasteiger partial charge in [0.05, 0.1) is 27.4 Å². The molecule has 2 aliphatic rings. The molecule has 0 unspecified atom stereocenters. The van der Waals surface area contributed by atoms with Gasteiger partial charge in [0.2, 0.25) is 0 Å². The molecule has 72 heavy (non-hydrogen) atoms. The van der Waals surface area contributed by atoms with E-state index in [-0.39, 0.29) is 33.9 Å². The number of sulfonamides is 1. The van der Waals surface area contributed by atoms with Crippen LogP contribution in [0.2, 0.25) is 5.02 Å². The second kappa shape index (κ2) is 24.4. The van der Waals surface area contributed by atoms with Crippen LogP contribution in [0.5, 0.6) is 0 Å². The van der Waals surface area contributed by atoms with E-state index in [1.807, 2.05) is 80.8 Å². The van der Waals surface area contributed by atoms with Gasteiger partial charge in [-0.2, -0.15) is 11.8 Å². The van der Waals surface area contributed by atoms with Gasteiger partial charge in [-0.05, 0) is 100 Å². The summed E-state index contributed by atoms with van der Waals surface area (Å²) in [6, 6.07) is 36.8. The number of hydrogen-bond donors (Lipinski definition) is 3. The maximum absolute atomic E-state index is 13.7. The Bertz CT molecular complexity index is 2880. The van der Waals surface area contributed by atoms with Gasteiger partial charge >= 0.3 is 0 Å². The van der Waals surface area contributed by atoms with Crippen LogP contribution in [0.4, 0.5) is 28.4 Å². The van der Waals surface area contributed by atoms with Crippen LogP contribution < -0.4 is 25.2 Å². The third kappa shape index (κ3) is 14.0. The van der Waals surface area contributed by atoms with E-state index in [0.717, 1.165) is 93.1 Å². The number of amides is 1. The van der Waals surface area contributed by atoms with Gasteiger partial charge in [0.25, 0.3) is 21.6 Å². The molecular formula is C53H62ClN11O5S2. The number of nitrogens with zero attached hydrogens (tertiary/aromatic N) is 8. The molecule has 3 N–H and O–H groups in total. The summed E-state index contributed by atoms with van der Waals surface area (Å²) in [7, 11) is 1.93. The Hall–Kier alpha value is -6.28. The summed E-state index contributed by atoms with van der Waals surface area (Å²) in [6.07, 6.45) is 2.28. The molecule has 2 fully saturated rings. The Morgan fingerprint density at radius 3 is 2.22 bits per heavy atom. The lowest BCUT2D eigenvalue weighted by molar-refractivity contribution is -0.384. The van der Waals surface area contributed by atoms with E-state index in [0.29, 0.717) is 47.5 Å². The number of benzene rings is 5. The summed E-state index contributed by atoms with van der Waals surface area (Å²) >= 11 is 7.99. The Morgan fingerprint density at radius 2 is 1.53 bits per heavy atom. The van der Waals surface area contributed by atoms with Gasteiger partial charge in [0.15, 0.2) is 0 Å². The van der Waals surface area contributed by atoms with Crippen molar-refractivity contribution in [3.63, 3.8) is 0 Å². The van der Waals surface area contributed by atoms with Gasteiger partial charge < -0.3 is 30.2 Å². The highest BCUT2D eigenvalue weighted by atomic mass is 35.5. The van der Waals surface area contributed by atoms with Gasteiger partial charge in [-0.1, -0.05) is 66.2 Å². The second-order valence-corrected chi connectivity index (χ2v) is 21.6. The smallest absolute Gasteiger partial charge is 0.293 e. The molecule has 16 nitrogen and oxygen atoms in total. The van der Waals surface area contributed by atoms with Gasteiger partial charge in [-0.15, -0.1) is 0 Å². The van der Waals surface area contributed by atoms with Crippen molar-refractivity contribution in [2.75, 3.05) is 119 Å². The molecule has 5 aromatic carbocycles. The average Bonchev–Trinajstić information content (AvgIpc) is 3.39. The Labute approximate surface area is 432 Å². The van der Waals surface area contributed by atoms with Crippen LogP contribution in [-0.4, -0.2) is 149 Å². The fraction of sp³-hybridized carbons (Fsp3) is 0.340. The number of carbonyl (C=O) groups is 1. The van der Waals surface area contributed by atoms with Gasteiger partial charge in [0, 0.05) is 122 Å². The van der Waals surface area contributed by atoms with Gasteiger partial charge in [-0.25, -0.2) is 13.4 Å². The summed E-state index contributed by atoms with van der Waals surface area (Å²) in [5.74, 6) is 1.25. The SMILES string of the molecule is CN(C)CC[C@H](CSCc1ccccc1)Nc1ccc(S(=O)(=O)Nc2ccc(N3CCN(c4cccc(-c5nc(C(=O)NCCN6CCN(C)CC6)cnc5-c5ccc(Cl)cc5)c4)CC3)cc2)cc1[N+](=O)[O-]. The van der Waals surface area contributed by atoms with E-state index in [1.165, 1.54) is 23.9 Å². The predicted octanol–water partition coefficient (Wildman–Crippen LogP) is 8.14. The molecule has 0 saturated carbocycles. The zero-order valence-corrected chi connectivity index (χ0v) is 43.3. The number of halogens is 1. The standard InChI is InChI=1S/C53H62ClN11O5S2/c1-60(2)24-22-44(38-71-37-39-8-5-4-6-9-39)57-48-21-20-47(35-50(48)65(67)68)72(69,70)59-43-16-18-45(19-17-43)63-30-32-64(33-31-63)46-11-7-10-41(34-46)52-51(40-12-14-42(54)15-13-40)56-36-49(58-52)53(66)55-23-25-62-28-26-61(3)27-29-62/h4-21,34-36,44,57,59H,22-33,37-38H2,1-3H3,(H,55,66)/t44-/m1/s1. The first-order valence-electron chi connectivity index (χ1n) is 24.1. The monoisotopic (exact) mass is 1030 g/mol. The molecular weight excluding hydrogens is 970 g/mol. The summed E-state index contributed by atoms with van der Waals surface area (Å²) in [5, 5.41) is 19.4. The van der Waals surface area contributed by atoms with Crippen molar-refractivity contribution < 1.29 is 18.1 Å². The van der Waals surface area contributed by atoms with Crippen molar-refractivity contribution in [3.8, 4) is 22.5 Å². The fourth-order valence-electron chi connectivity index (χ4n) is 8.71. The van der Waals surface area contributed by atoms with E-state index in [9.17, 15) is 23.3 Å². The normalized spacial score (nSPS) is 15.1. The number of anilines is 4. The van der Waals surface area contributed by atoms with Crippen molar-refractivity contribution in [2.45, 2.75) is 23.1 Å². The van der Waals surface area contributed by atoms with Crippen LogP contribution in [-0.2, 0) is 15.8 Å². The molecule has 2 aliphatic heterocycles. The summed E-state index contributed by atoms with van der Waals surface area (Å²) in [4.78, 5) is 46.0. The quantitative estimate of drug-likeness (QED) is 0.0466. The van der Waals surface area contributed by atoms with Crippen molar-refractivity contribution in [1.82, 2.24) is 30.0 Å². The van der Waals surface area contributed by atoms with Crippen LogP contribution in [0.15, 0.2) is 132 Å². The maximum Gasteiger partial charge on any atom is 0.293 e. The number of thioether (sulfide) groups is 1. The number of likely N-dealkylation sites (N-methyl/N-ethyl adjacent to an activating group) is 1. The number of hydrogen-bond acceptors (Lipinski definition) is 14. The van der Waals surface area contributed by atoms with Crippen molar-refractivity contribution in [1.29, 1.82) is 0 Å². The number of nitro groups is 1. The molecule has 2 saturated heterocycles. The number of nitrogens with one attached hydrogen (secondary N) is 3. The van der Waals surface area contributed by atoms with Crippen LogP contribution in [0.25, 0.3) is 22.5 Å². The molecule has 6 aromatic rings. The molecule has 1 aromatic heterocycles. The highest BCUT2D eigenvalue weighted by molar-refractivity contribution is 7.98. The van der Waals surface area contributed by atoms with Crippen LogP contribution in [0.3, 0.4) is 0 Å². The van der Waals surface area contributed by atoms with E-state index >= 15 is 0 Å². The Balaban J connectivity index is 0.896. The zero-order valence-electron chi connectivity index (χ0n) is 40.9. The minimum absolute atomic E-state index is 0.0869. The number of piperazine rings is 2. The first kappa shape index (κ1) is 52.1. The Kier molecular flexibility index (Phi) is 17.7. The number of aromatic nitrogens is 2. The van der Waals surface area contributed by atoms with E-state index in [1.54, 1.807) is 23.9 Å². The molecule has 1 atom stereocenters. The third-order valence-electron chi connectivity index (χ3n) is 12.9. The first-order chi connectivity index (χ1) is 34.8. The van der Waals surface area contributed by atoms with Crippen LogP contribution >= 0.6 is 23.4 Å². The highest BCUT2D eigenvalue weighted by Crippen LogP contribution is 2.34. The molecule has 3 heterocycles. The molecule has 1 amide bonds. The van der Waals surface area contributed by atoms with Crippen molar-refractivity contribution in [3.05, 3.63) is 154 Å². The highest BCUT2D eigenvalue weighted by Gasteiger charge is 2.25. The number of nitro benzene ring substituents is 1. The van der Waals surface area contributed by atoms with Crippen LogP contribution in [0, 0.1) is 10.1 Å². The maximum atomic E-state index is 13.7. The molecule has 19 heteroatoms. The molecule has 0 aliphatic carbocycles. The summed E-state index contributed by atoms with van der Waals surface area (Å²) in [5.41, 5.74) is 6.59. The zero-order chi connectivity index (χ0) is 50.6. The lowest BCUT2D eigenvalue weighted by Gasteiger charge is -2.37. The Morgan fingerprint density at radius 1 is 0.819 bits per heavy atom. The summed E-state index contributed by atoms with van der Waals surface area (Å²) < 4.78 is 30.0. The third-order valence-corrected chi connectivity index (χ3v) is 15.7. The molecule has 0 radical (unpaired) electrons. The lowest BCUT2D eigenvalue weighted by Crippen LogP contribution is -2.47.